The molecule has 0 unspecified atom stereocenters. The number of halogens is 2. The predicted octanol–water partition coefficient (Wildman–Crippen LogP) is 3.70. The Morgan fingerprint density at radius 2 is 1.95 bits per heavy atom. The molecule has 0 atom stereocenters. The van der Waals surface area contributed by atoms with Crippen molar-refractivity contribution in [3.8, 4) is 5.75 Å². The van der Waals surface area contributed by atoms with Crippen molar-refractivity contribution in [2.75, 3.05) is 0 Å². The van der Waals surface area contributed by atoms with Gasteiger partial charge in [-0.25, -0.2) is 5.84 Å². The molecule has 0 aliphatic rings. The summed E-state index contributed by atoms with van der Waals surface area (Å²) in [6.45, 7) is 2.42. The van der Waals surface area contributed by atoms with Gasteiger partial charge in [-0.3, -0.25) is 10.2 Å². The van der Waals surface area contributed by atoms with Gasteiger partial charge in [0.25, 0.3) is 5.91 Å². The molecule has 0 fully saturated rings. The van der Waals surface area contributed by atoms with Crippen molar-refractivity contribution in [1.29, 1.82) is 0 Å². The van der Waals surface area contributed by atoms with Gasteiger partial charge in [0.2, 0.25) is 0 Å². The number of aryl methyl sites for hydroxylation is 1. The van der Waals surface area contributed by atoms with E-state index in [4.69, 9.17) is 10.6 Å². The number of carbonyl (C=O) groups is 1. The van der Waals surface area contributed by atoms with E-state index in [1.165, 1.54) is 0 Å². The second kappa shape index (κ2) is 7.06. The van der Waals surface area contributed by atoms with Crippen LogP contribution in [0.3, 0.4) is 0 Å². The fourth-order valence-corrected chi connectivity index (χ4v) is 2.87. The van der Waals surface area contributed by atoms with E-state index >= 15 is 0 Å². The molecule has 0 spiro atoms. The minimum absolute atomic E-state index is 0.329. The number of hydrogen-bond acceptors (Lipinski definition) is 3. The average Bonchev–Trinajstić information content (AvgIpc) is 2.46. The third kappa shape index (κ3) is 4.06. The summed E-state index contributed by atoms with van der Waals surface area (Å²) in [6.07, 6.45) is 0. The van der Waals surface area contributed by atoms with Crippen molar-refractivity contribution in [3.63, 3.8) is 0 Å². The van der Waals surface area contributed by atoms with E-state index in [0.29, 0.717) is 12.2 Å². The van der Waals surface area contributed by atoms with Crippen LogP contribution in [-0.2, 0) is 6.61 Å². The monoisotopic (exact) mass is 412 g/mol. The summed E-state index contributed by atoms with van der Waals surface area (Å²) in [5.74, 6) is 5.56. The first kappa shape index (κ1) is 16.0. The second-order valence-corrected chi connectivity index (χ2v) is 6.21. The Morgan fingerprint density at radius 1 is 1.19 bits per heavy atom. The van der Waals surface area contributed by atoms with Crippen LogP contribution in [0, 0.1) is 6.92 Å². The molecule has 21 heavy (non-hydrogen) atoms. The third-order valence-electron chi connectivity index (χ3n) is 2.92. The largest absolute Gasteiger partial charge is 0.488 e. The molecule has 2 aromatic carbocycles. The number of nitrogens with two attached hydrogens (primary N) is 1. The van der Waals surface area contributed by atoms with Crippen LogP contribution in [0.2, 0.25) is 0 Å². The fraction of sp³-hybridized carbons (Fsp3) is 0.133. The molecule has 2 aromatic rings. The van der Waals surface area contributed by atoms with Crippen LogP contribution in [0.4, 0.5) is 0 Å². The quantitative estimate of drug-likeness (QED) is 0.456. The van der Waals surface area contributed by atoms with Crippen LogP contribution in [0.25, 0.3) is 0 Å². The molecule has 0 bridgehead atoms. The van der Waals surface area contributed by atoms with Crippen LogP contribution in [-0.4, -0.2) is 5.91 Å². The van der Waals surface area contributed by atoms with Gasteiger partial charge in [-0.2, -0.15) is 0 Å². The highest BCUT2D eigenvalue weighted by molar-refractivity contribution is 9.10. The van der Waals surface area contributed by atoms with Gasteiger partial charge in [0.1, 0.15) is 12.4 Å². The SMILES string of the molecule is Cc1ccc(OCc2ccc(C(=O)NN)cc2Br)c(Br)c1. The zero-order valence-corrected chi connectivity index (χ0v) is 14.5. The van der Waals surface area contributed by atoms with Crippen LogP contribution < -0.4 is 16.0 Å². The molecule has 1 amide bonds. The number of amides is 1. The average molecular weight is 414 g/mol. The van der Waals surface area contributed by atoms with Gasteiger partial charge in [-0.1, -0.05) is 28.1 Å². The van der Waals surface area contributed by atoms with Crippen molar-refractivity contribution >= 4 is 37.8 Å². The van der Waals surface area contributed by atoms with E-state index in [1.807, 2.05) is 31.2 Å². The highest BCUT2D eigenvalue weighted by Crippen LogP contribution is 2.27. The normalized spacial score (nSPS) is 10.3. The lowest BCUT2D eigenvalue weighted by Gasteiger charge is -2.11. The molecule has 0 radical (unpaired) electrons. The first-order valence-electron chi connectivity index (χ1n) is 6.19. The Morgan fingerprint density at radius 3 is 2.57 bits per heavy atom. The van der Waals surface area contributed by atoms with Crippen molar-refractivity contribution < 1.29 is 9.53 Å². The third-order valence-corrected chi connectivity index (χ3v) is 4.27. The molecule has 0 heterocycles. The van der Waals surface area contributed by atoms with Gasteiger partial charge >= 0.3 is 0 Å². The number of benzene rings is 2. The van der Waals surface area contributed by atoms with Crippen LogP contribution in [0.15, 0.2) is 45.3 Å². The molecule has 0 aliphatic heterocycles. The maximum absolute atomic E-state index is 11.4. The van der Waals surface area contributed by atoms with Crippen molar-refractivity contribution in [2.24, 2.45) is 5.84 Å². The number of ether oxygens (including phenoxy) is 1. The van der Waals surface area contributed by atoms with Crippen LogP contribution >= 0.6 is 31.9 Å². The first-order chi connectivity index (χ1) is 10.0. The lowest BCUT2D eigenvalue weighted by atomic mass is 10.1. The molecule has 0 saturated heterocycles. The number of carbonyl (C=O) groups excluding carboxylic acids is 1. The molecule has 3 N–H and O–H groups in total. The van der Waals surface area contributed by atoms with E-state index < -0.39 is 0 Å². The summed E-state index contributed by atoms with van der Waals surface area (Å²) in [5.41, 5.74) is 4.69. The summed E-state index contributed by atoms with van der Waals surface area (Å²) < 4.78 is 7.50. The molecule has 2 rings (SSSR count). The summed E-state index contributed by atoms with van der Waals surface area (Å²) in [5, 5.41) is 0. The summed E-state index contributed by atoms with van der Waals surface area (Å²) in [6, 6.07) is 11.2. The maximum Gasteiger partial charge on any atom is 0.265 e. The molecule has 0 aliphatic carbocycles. The molecule has 0 aromatic heterocycles. The predicted molar refractivity (Wildman–Crippen MR) is 89.0 cm³/mol. The van der Waals surface area contributed by atoms with E-state index in [9.17, 15) is 4.79 Å². The van der Waals surface area contributed by atoms with E-state index in [1.54, 1.807) is 12.1 Å². The Hall–Kier alpha value is -1.37. The van der Waals surface area contributed by atoms with E-state index in [-0.39, 0.29) is 5.91 Å². The zero-order valence-electron chi connectivity index (χ0n) is 11.3. The van der Waals surface area contributed by atoms with E-state index in [2.05, 4.69) is 37.3 Å². The number of nitrogen functional groups attached to an aromatic ring is 1. The lowest BCUT2D eigenvalue weighted by Crippen LogP contribution is -2.29. The standard InChI is InChI=1S/C15H14Br2N2O2/c1-9-2-5-14(13(17)6-9)21-8-11-4-3-10(7-12(11)16)15(20)19-18/h2-7H,8,18H2,1H3,(H,19,20). The maximum atomic E-state index is 11.4. The number of hydrazine groups is 1. The molecule has 110 valence electrons. The van der Waals surface area contributed by atoms with Crippen LogP contribution in [0.1, 0.15) is 21.5 Å². The van der Waals surface area contributed by atoms with Crippen LogP contribution in [0.5, 0.6) is 5.75 Å². The molecular weight excluding hydrogens is 400 g/mol. The molecular formula is C15H14Br2N2O2. The summed E-state index contributed by atoms with van der Waals surface area (Å²) in [4.78, 5) is 11.4. The smallest absolute Gasteiger partial charge is 0.265 e. The number of hydrogen-bond donors (Lipinski definition) is 2. The minimum Gasteiger partial charge on any atom is -0.488 e. The number of rotatable bonds is 4. The van der Waals surface area contributed by atoms with Crippen molar-refractivity contribution in [1.82, 2.24) is 5.43 Å². The van der Waals surface area contributed by atoms with Gasteiger partial charge in [0, 0.05) is 15.6 Å². The Balaban J connectivity index is 2.11. The van der Waals surface area contributed by atoms with Gasteiger partial charge in [-0.15, -0.1) is 0 Å². The minimum atomic E-state index is -0.329. The van der Waals surface area contributed by atoms with Gasteiger partial charge < -0.3 is 4.74 Å². The highest BCUT2D eigenvalue weighted by atomic mass is 79.9. The molecule has 0 saturated carbocycles. The molecule has 4 nitrogen and oxygen atoms in total. The Kier molecular flexibility index (Phi) is 5.39. The summed E-state index contributed by atoms with van der Waals surface area (Å²) in [7, 11) is 0. The zero-order chi connectivity index (χ0) is 15.4. The van der Waals surface area contributed by atoms with E-state index in [0.717, 1.165) is 25.8 Å². The van der Waals surface area contributed by atoms with Gasteiger partial charge in [-0.05, 0) is 52.7 Å². The van der Waals surface area contributed by atoms with Crippen molar-refractivity contribution in [3.05, 3.63) is 62.0 Å². The molecule has 6 heteroatoms. The van der Waals surface area contributed by atoms with Gasteiger partial charge in [0.15, 0.2) is 0 Å². The lowest BCUT2D eigenvalue weighted by molar-refractivity contribution is 0.0953. The Labute approximate surface area is 139 Å². The fourth-order valence-electron chi connectivity index (χ4n) is 1.77. The highest BCUT2D eigenvalue weighted by Gasteiger charge is 2.08. The topological polar surface area (TPSA) is 64.3 Å². The summed E-state index contributed by atoms with van der Waals surface area (Å²) >= 11 is 6.91. The number of nitrogens with one attached hydrogen (secondary N) is 1. The van der Waals surface area contributed by atoms with Crippen molar-refractivity contribution in [2.45, 2.75) is 13.5 Å². The second-order valence-electron chi connectivity index (χ2n) is 4.50. The Bertz CT molecular complexity index is 675. The first-order valence-corrected chi connectivity index (χ1v) is 7.78. The van der Waals surface area contributed by atoms with Gasteiger partial charge in [0.05, 0.1) is 4.47 Å².